The van der Waals surface area contributed by atoms with Gasteiger partial charge in [0.1, 0.15) is 0 Å². The van der Waals surface area contributed by atoms with Crippen LogP contribution in [0.5, 0.6) is 0 Å². The molecule has 1 aliphatic heterocycles. The second-order valence-corrected chi connectivity index (χ2v) is 10.4. The van der Waals surface area contributed by atoms with E-state index in [1.807, 2.05) is 17.1 Å². The van der Waals surface area contributed by atoms with E-state index in [4.69, 9.17) is 0 Å². The van der Waals surface area contributed by atoms with Gasteiger partial charge in [-0.3, -0.25) is 9.69 Å². The van der Waals surface area contributed by atoms with Crippen LogP contribution in [0.1, 0.15) is 66.4 Å². The first-order chi connectivity index (χ1) is 15.5. The van der Waals surface area contributed by atoms with Gasteiger partial charge in [-0.05, 0) is 79.3 Å². The highest BCUT2D eigenvalue weighted by Crippen LogP contribution is 2.49. The van der Waals surface area contributed by atoms with Crippen molar-refractivity contribution < 1.29 is 4.79 Å². The Morgan fingerprint density at radius 1 is 1.22 bits per heavy atom. The van der Waals surface area contributed by atoms with Gasteiger partial charge in [0.25, 0.3) is 5.91 Å². The molecule has 1 aliphatic carbocycles. The summed E-state index contributed by atoms with van der Waals surface area (Å²) in [6, 6.07) is 9.02. The second-order valence-electron chi connectivity index (χ2n) is 9.63. The van der Waals surface area contributed by atoms with Crippen LogP contribution in [0.2, 0.25) is 0 Å². The molecular formula is C24H30N6OS. The molecule has 8 heteroatoms. The Morgan fingerprint density at radius 3 is 2.62 bits per heavy atom. The van der Waals surface area contributed by atoms with Crippen LogP contribution in [-0.4, -0.2) is 49.1 Å². The number of amides is 1. The molecule has 168 valence electrons. The van der Waals surface area contributed by atoms with E-state index in [2.05, 4.69) is 62.9 Å². The molecule has 1 saturated heterocycles. The third-order valence-electron chi connectivity index (χ3n) is 7.01. The van der Waals surface area contributed by atoms with Crippen LogP contribution in [0.15, 0.2) is 43.0 Å². The predicted molar refractivity (Wildman–Crippen MR) is 125 cm³/mol. The molecule has 2 aliphatic rings. The van der Waals surface area contributed by atoms with Crippen molar-refractivity contribution in [2.45, 2.75) is 58.0 Å². The quantitative estimate of drug-likeness (QED) is 0.614. The summed E-state index contributed by atoms with van der Waals surface area (Å²) >= 11 is 1.33. The third kappa shape index (κ3) is 4.34. The number of nitrogens with zero attached hydrogens (tertiary/aromatic N) is 5. The highest BCUT2D eigenvalue weighted by Gasteiger charge is 2.46. The Labute approximate surface area is 193 Å². The third-order valence-corrected chi connectivity index (χ3v) is 8.03. The van der Waals surface area contributed by atoms with Crippen molar-refractivity contribution in [2.75, 3.05) is 13.1 Å². The molecular weight excluding hydrogens is 420 g/mol. The monoisotopic (exact) mass is 450 g/mol. The number of carbonyl (C=O) groups excluding carboxylic acids is 1. The number of likely N-dealkylation sites (tertiary alicyclic amines) is 1. The average molecular weight is 451 g/mol. The Morgan fingerprint density at radius 2 is 1.97 bits per heavy atom. The number of benzene rings is 1. The largest absolute Gasteiger partial charge is 0.348 e. The summed E-state index contributed by atoms with van der Waals surface area (Å²) in [6.45, 7) is 7.39. The average Bonchev–Trinajstić information content (AvgIpc) is 3.47. The summed E-state index contributed by atoms with van der Waals surface area (Å²) in [7, 11) is 0. The zero-order chi connectivity index (χ0) is 22.1. The normalized spacial score (nSPS) is 18.7. The summed E-state index contributed by atoms with van der Waals surface area (Å²) in [6.07, 6.45) is 10.2. The molecule has 3 aromatic rings. The number of hydrogen-bond acceptors (Lipinski definition) is 6. The molecule has 1 amide bonds. The van der Waals surface area contributed by atoms with Crippen molar-refractivity contribution in [3.63, 3.8) is 0 Å². The molecule has 0 bridgehead atoms. The fourth-order valence-corrected chi connectivity index (χ4v) is 5.75. The van der Waals surface area contributed by atoms with Gasteiger partial charge >= 0.3 is 0 Å². The van der Waals surface area contributed by atoms with Crippen molar-refractivity contribution >= 4 is 17.4 Å². The van der Waals surface area contributed by atoms with Crippen molar-refractivity contribution in [3.8, 4) is 5.69 Å². The molecule has 2 fully saturated rings. The van der Waals surface area contributed by atoms with Gasteiger partial charge in [-0.25, -0.2) is 4.98 Å². The van der Waals surface area contributed by atoms with E-state index in [1.165, 1.54) is 29.9 Å². The van der Waals surface area contributed by atoms with Crippen molar-refractivity contribution in [1.82, 2.24) is 29.4 Å². The lowest BCUT2D eigenvalue weighted by molar-refractivity contribution is 0.00459. The van der Waals surface area contributed by atoms with Crippen LogP contribution in [0.3, 0.4) is 0 Å². The Balaban J connectivity index is 1.09. The highest BCUT2D eigenvalue weighted by molar-refractivity contribution is 7.05. The van der Waals surface area contributed by atoms with Gasteiger partial charge in [-0.1, -0.05) is 30.5 Å². The lowest BCUT2D eigenvalue weighted by Gasteiger charge is -2.52. The molecule has 1 aromatic carbocycles. The van der Waals surface area contributed by atoms with Gasteiger partial charge in [-0.15, -0.1) is 5.10 Å². The van der Waals surface area contributed by atoms with Crippen molar-refractivity contribution in [1.29, 1.82) is 0 Å². The zero-order valence-electron chi connectivity index (χ0n) is 18.7. The number of piperidine rings is 1. The summed E-state index contributed by atoms with van der Waals surface area (Å²) in [5, 5.41) is 7.27. The van der Waals surface area contributed by atoms with Crippen LogP contribution < -0.4 is 5.32 Å². The topological polar surface area (TPSA) is 75.9 Å². The predicted octanol–water partition coefficient (Wildman–Crippen LogP) is 4.02. The summed E-state index contributed by atoms with van der Waals surface area (Å²) in [4.78, 5) is 20.3. The molecule has 1 spiro atoms. The fourth-order valence-electron chi connectivity index (χ4n) is 5.11. The molecule has 1 saturated carbocycles. The van der Waals surface area contributed by atoms with Crippen LogP contribution in [0, 0.1) is 5.41 Å². The number of carbonyl (C=O) groups is 1. The molecule has 0 atom stereocenters. The SMILES string of the molecule is CC(C)c1snnc1C(=O)NC1CC2(CCN(Cc3ccc(-n4ccnc4)cc3)CC2)C1. The maximum Gasteiger partial charge on any atom is 0.273 e. The van der Waals surface area contributed by atoms with Gasteiger partial charge in [0.05, 0.1) is 11.2 Å². The maximum atomic E-state index is 12.6. The van der Waals surface area contributed by atoms with Crippen LogP contribution in [0.4, 0.5) is 0 Å². The van der Waals surface area contributed by atoms with Gasteiger partial charge in [0.2, 0.25) is 0 Å². The number of rotatable bonds is 6. The smallest absolute Gasteiger partial charge is 0.273 e. The molecule has 32 heavy (non-hydrogen) atoms. The molecule has 3 heterocycles. The summed E-state index contributed by atoms with van der Waals surface area (Å²) in [5.74, 6) is 0.216. The molecule has 2 aromatic heterocycles. The lowest BCUT2D eigenvalue weighted by Crippen LogP contribution is -2.54. The van der Waals surface area contributed by atoms with Gasteiger partial charge < -0.3 is 9.88 Å². The van der Waals surface area contributed by atoms with E-state index in [0.29, 0.717) is 11.1 Å². The number of imidazole rings is 1. The standard InChI is InChI=1S/C24H30N6OS/c1-17(2)22-21(27-28-32-22)23(31)26-19-13-24(14-19)7-10-29(11-8-24)15-18-3-5-20(6-4-18)30-12-9-25-16-30/h3-6,9,12,16-17,19H,7-8,10-11,13-15H2,1-2H3,(H,26,31). The van der Waals surface area contributed by atoms with Crippen LogP contribution in [-0.2, 0) is 6.54 Å². The van der Waals surface area contributed by atoms with E-state index in [0.717, 1.165) is 43.0 Å². The first kappa shape index (κ1) is 21.3. The number of nitrogens with one attached hydrogen (secondary N) is 1. The summed E-state index contributed by atoms with van der Waals surface area (Å²) in [5.41, 5.74) is 3.41. The molecule has 7 nitrogen and oxygen atoms in total. The van der Waals surface area contributed by atoms with Crippen molar-refractivity contribution in [3.05, 3.63) is 59.1 Å². The maximum absolute atomic E-state index is 12.6. The molecule has 0 radical (unpaired) electrons. The number of aromatic nitrogens is 4. The van der Waals surface area contributed by atoms with Crippen molar-refractivity contribution in [2.24, 2.45) is 5.41 Å². The van der Waals surface area contributed by atoms with E-state index in [1.54, 1.807) is 6.20 Å². The first-order valence-electron chi connectivity index (χ1n) is 11.4. The molecule has 5 rings (SSSR count). The first-order valence-corrected chi connectivity index (χ1v) is 12.2. The number of hydrogen-bond donors (Lipinski definition) is 1. The molecule has 1 N–H and O–H groups in total. The zero-order valence-corrected chi connectivity index (χ0v) is 19.5. The molecule has 0 unspecified atom stereocenters. The highest BCUT2D eigenvalue weighted by atomic mass is 32.1. The van der Waals surface area contributed by atoms with E-state index in [-0.39, 0.29) is 17.9 Å². The Bertz CT molecular complexity index is 1040. The minimum absolute atomic E-state index is 0.0566. The Hall–Kier alpha value is -2.58. The van der Waals surface area contributed by atoms with Gasteiger partial charge in [0.15, 0.2) is 5.69 Å². The summed E-state index contributed by atoms with van der Waals surface area (Å²) < 4.78 is 6.00. The van der Waals surface area contributed by atoms with Crippen LogP contribution >= 0.6 is 11.5 Å². The van der Waals surface area contributed by atoms with E-state index < -0.39 is 0 Å². The fraction of sp³-hybridized carbons (Fsp3) is 0.500. The van der Waals surface area contributed by atoms with Gasteiger partial charge in [0, 0.05) is 30.7 Å². The second kappa shape index (κ2) is 8.75. The van der Waals surface area contributed by atoms with E-state index in [9.17, 15) is 4.79 Å². The van der Waals surface area contributed by atoms with Gasteiger partial charge in [-0.2, -0.15) is 0 Å². The Kier molecular flexibility index (Phi) is 5.82. The lowest BCUT2D eigenvalue weighted by atomic mass is 9.60. The van der Waals surface area contributed by atoms with Crippen LogP contribution in [0.25, 0.3) is 5.69 Å². The van der Waals surface area contributed by atoms with E-state index >= 15 is 0 Å². The minimum Gasteiger partial charge on any atom is -0.348 e. The minimum atomic E-state index is -0.0566.